The van der Waals surface area contributed by atoms with Gasteiger partial charge in [-0.3, -0.25) is 10.1 Å². The van der Waals surface area contributed by atoms with E-state index in [1.807, 2.05) is 6.92 Å². The average molecular weight is 288 g/mol. The molecule has 1 aromatic heterocycles. The van der Waals surface area contributed by atoms with E-state index in [0.29, 0.717) is 17.9 Å². The number of anilines is 1. The zero-order valence-corrected chi connectivity index (χ0v) is 11.9. The summed E-state index contributed by atoms with van der Waals surface area (Å²) in [6.45, 7) is 2.57. The molecule has 0 amide bonds. The second-order valence-electron chi connectivity index (χ2n) is 4.30. The fraction of sp³-hybridized carbons (Fsp3) is 0.286. The van der Waals surface area contributed by atoms with Gasteiger partial charge in [-0.15, -0.1) is 0 Å². The molecule has 0 radical (unpaired) electrons. The molecule has 2 aromatic rings. The van der Waals surface area contributed by atoms with Crippen LogP contribution < -0.4 is 10.1 Å². The molecule has 0 bridgehead atoms. The van der Waals surface area contributed by atoms with E-state index in [2.05, 4.69) is 15.3 Å². The van der Waals surface area contributed by atoms with Crippen molar-refractivity contribution in [3.63, 3.8) is 0 Å². The van der Waals surface area contributed by atoms with Crippen LogP contribution in [0.25, 0.3) is 11.3 Å². The molecule has 1 heterocycles. The number of aromatic nitrogens is 2. The summed E-state index contributed by atoms with van der Waals surface area (Å²) >= 11 is 0. The maximum atomic E-state index is 11.4. The van der Waals surface area contributed by atoms with Crippen LogP contribution in [0.4, 0.5) is 11.5 Å². The number of para-hydroxylation sites is 1. The Labute approximate surface area is 122 Å². The predicted octanol–water partition coefficient (Wildman–Crippen LogP) is 2.88. The zero-order chi connectivity index (χ0) is 15.2. The number of hydrogen-bond donors (Lipinski definition) is 1. The van der Waals surface area contributed by atoms with Gasteiger partial charge in [-0.05, 0) is 18.6 Å². The molecule has 0 aliphatic heterocycles. The normalized spacial score (nSPS) is 10.2. The van der Waals surface area contributed by atoms with Crippen LogP contribution in [0.5, 0.6) is 5.75 Å². The van der Waals surface area contributed by atoms with Crippen molar-refractivity contribution in [3.05, 3.63) is 40.7 Å². The molecule has 0 spiro atoms. The van der Waals surface area contributed by atoms with Crippen molar-refractivity contribution in [1.82, 2.24) is 9.97 Å². The molecule has 0 saturated carbocycles. The van der Waals surface area contributed by atoms with Gasteiger partial charge < -0.3 is 10.1 Å². The quantitative estimate of drug-likeness (QED) is 0.649. The van der Waals surface area contributed by atoms with Gasteiger partial charge in [-0.2, -0.15) is 0 Å². The Balaban J connectivity index is 2.60. The topological polar surface area (TPSA) is 90.2 Å². The minimum absolute atomic E-state index is 0.143. The molecule has 7 nitrogen and oxygen atoms in total. The predicted molar refractivity (Wildman–Crippen MR) is 79.5 cm³/mol. The molecule has 0 atom stereocenters. The van der Waals surface area contributed by atoms with Crippen molar-refractivity contribution < 1.29 is 9.66 Å². The summed E-state index contributed by atoms with van der Waals surface area (Å²) in [6, 6.07) is 7.05. The average Bonchev–Trinajstić information content (AvgIpc) is 2.52. The van der Waals surface area contributed by atoms with Crippen LogP contribution in [-0.2, 0) is 0 Å². The second kappa shape index (κ2) is 6.65. The van der Waals surface area contributed by atoms with E-state index < -0.39 is 4.92 Å². The molecule has 0 aliphatic carbocycles. The Morgan fingerprint density at radius 3 is 2.76 bits per heavy atom. The first-order chi connectivity index (χ1) is 10.2. The van der Waals surface area contributed by atoms with Crippen LogP contribution in [0.3, 0.4) is 0 Å². The van der Waals surface area contributed by atoms with Crippen molar-refractivity contribution in [1.29, 1.82) is 0 Å². The molecule has 1 N–H and O–H groups in total. The molecule has 21 heavy (non-hydrogen) atoms. The highest BCUT2D eigenvalue weighted by atomic mass is 16.6. The SMILES string of the molecule is CCCNc1ncnc(-c2ccccc2OC)c1[N+](=O)[O-]. The molecule has 1 aromatic carbocycles. The zero-order valence-electron chi connectivity index (χ0n) is 11.9. The van der Waals surface area contributed by atoms with E-state index in [1.165, 1.54) is 13.4 Å². The highest BCUT2D eigenvalue weighted by molar-refractivity contribution is 5.80. The highest BCUT2D eigenvalue weighted by Crippen LogP contribution is 2.37. The number of methoxy groups -OCH3 is 1. The van der Waals surface area contributed by atoms with Gasteiger partial charge in [0.15, 0.2) is 5.69 Å². The minimum atomic E-state index is -0.472. The number of nitrogens with one attached hydrogen (secondary N) is 1. The number of ether oxygens (including phenoxy) is 1. The smallest absolute Gasteiger partial charge is 0.337 e. The Hall–Kier alpha value is -2.70. The molecule has 0 saturated heterocycles. The van der Waals surface area contributed by atoms with Crippen molar-refractivity contribution >= 4 is 11.5 Å². The molecule has 0 fully saturated rings. The lowest BCUT2D eigenvalue weighted by atomic mass is 10.1. The Morgan fingerprint density at radius 2 is 2.10 bits per heavy atom. The van der Waals surface area contributed by atoms with E-state index >= 15 is 0 Å². The third-order valence-electron chi connectivity index (χ3n) is 2.91. The molecule has 110 valence electrons. The molecule has 2 rings (SSSR count). The van der Waals surface area contributed by atoms with Crippen LogP contribution in [-0.4, -0.2) is 28.5 Å². The standard InChI is InChI=1S/C14H16N4O3/c1-3-8-15-14-13(18(19)20)12(16-9-17-14)10-6-4-5-7-11(10)21-2/h4-7,9H,3,8H2,1-2H3,(H,15,16,17). The number of hydrogen-bond acceptors (Lipinski definition) is 6. The lowest BCUT2D eigenvalue weighted by molar-refractivity contribution is -0.383. The summed E-state index contributed by atoms with van der Waals surface area (Å²) in [5.41, 5.74) is 0.662. The number of nitrogens with zero attached hydrogens (tertiary/aromatic N) is 3. The molecule has 0 unspecified atom stereocenters. The van der Waals surface area contributed by atoms with Gasteiger partial charge >= 0.3 is 5.69 Å². The summed E-state index contributed by atoms with van der Waals surface area (Å²) in [6.07, 6.45) is 2.15. The number of rotatable bonds is 6. The van der Waals surface area contributed by atoms with Crippen LogP contribution in [0.1, 0.15) is 13.3 Å². The largest absolute Gasteiger partial charge is 0.496 e. The third-order valence-corrected chi connectivity index (χ3v) is 2.91. The number of nitro groups is 1. The molecule has 7 heteroatoms. The summed E-state index contributed by atoms with van der Waals surface area (Å²) in [7, 11) is 1.52. The van der Waals surface area contributed by atoms with E-state index in [0.717, 1.165) is 6.42 Å². The highest BCUT2D eigenvalue weighted by Gasteiger charge is 2.25. The first-order valence-electron chi connectivity index (χ1n) is 6.55. The van der Waals surface area contributed by atoms with Gasteiger partial charge in [0.1, 0.15) is 12.1 Å². The van der Waals surface area contributed by atoms with Gasteiger partial charge in [0.2, 0.25) is 5.82 Å². The van der Waals surface area contributed by atoms with E-state index in [4.69, 9.17) is 4.74 Å². The summed E-state index contributed by atoms with van der Waals surface area (Å²) in [5.74, 6) is 0.749. The fourth-order valence-electron chi connectivity index (χ4n) is 1.96. The first kappa shape index (κ1) is 14.7. The van der Waals surface area contributed by atoms with Gasteiger partial charge in [0, 0.05) is 12.1 Å². The summed E-state index contributed by atoms with van der Waals surface area (Å²) in [4.78, 5) is 19.0. The monoisotopic (exact) mass is 288 g/mol. The lowest BCUT2D eigenvalue weighted by Gasteiger charge is -2.10. The van der Waals surface area contributed by atoms with Gasteiger partial charge in [-0.1, -0.05) is 19.1 Å². The fourth-order valence-corrected chi connectivity index (χ4v) is 1.96. The van der Waals surface area contributed by atoms with Crippen LogP contribution in [0.2, 0.25) is 0 Å². The maximum absolute atomic E-state index is 11.4. The Bertz CT molecular complexity index is 646. The van der Waals surface area contributed by atoms with Crippen molar-refractivity contribution in [2.24, 2.45) is 0 Å². The lowest BCUT2D eigenvalue weighted by Crippen LogP contribution is -2.07. The maximum Gasteiger partial charge on any atom is 0.337 e. The third kappa shape index (κ3) is 3.07. The second-order valence-corrected chi connectivity index (χ2v) is 4.30. The first-order valence-corrected chi connectivity index (χ1v) is 6.55. The number of benzene rings is 1. The van der Waals surface area contributed by atoms with Gasteiger partial charge in [0.05, 0.1) is 12.0 Å². The molecular weight excluding hydrogens is 272 g/mol. The van der Waals surface area contributed by atoms with E-state index in [-0.39, 0.29) is 17.2 Å². The van der Waals surface area contributed by atoms with E-state index in [9.17, 15) is 10.1 Å². The Morgan fingerprint density at radius 1 is 1.33 bits per heavy atom. The summed E-state index contributed by atoms with van der Waals surface area (Å²) < 4.78 is 5.25. The van der Waals surface area contributed by atoms with Crippen molar-refractivity contribution in [2.75, 3.05) is 19.0 Å². The van der Waals surface area contributed by atoms with Gasteiger partial charge in [0.25, 0.3) is 0 Å². The molecular formula is C14H16N4O3. The molecule has 0 aliphatic rings. The van der Waals surface area contributed by atoms with Crippen molar-refractivity contribution in [2.45, 2.75) is 13.3 Å². The summed E-state index contributed by atoms with van der Waals surface area (Å²) in [5, 5.41) is 14.4. The van der Waals surface area contributed by atoms with Crippen LogP contribution in [0, 0.1) is 10.1 Å². The Kier molecular flexibility index (Phi) is 4.65. The van der Waals surface area contributed by atoms with Gasteiger partial charge in [-0.25, -0.2) is 9.97 Å². The van der Waals surface area contributed by atoms with Crippen LogP contribution >= 0.6 is 0 Å². The van der Waals surface area contributed by atoms with Crippen molar-refractivity contribution in [3.8, 4) is 17.0 Å². The van der Waals surface area contributed by atoms with Crippen LogP contribution in [0.15, 0.2) is 30.6 Å². The van der Waals surface area contributed by atoms with E-state index in [1.54, 1.807) is 24.3 Å². The minimum Gasteiger partial charge on any atom is -0.496 e.